The van der Waals surface area contributed by atoms with Crippen LogP contribution < -0.4 is 10.2 Å². The zero-order valence-corrected chi connectivity index (χ0v) is 17.2. The molecule has 1 aliphatic rings. The largest absolute Gasteiger partial charge is 0.494 e. The number of anilines is 1. The summed E-state index contributed by atoms with van der Waals surface area (Å²) in [6.07, 6.45) is 1.50. The van der Waals surface area contributed by atoms with Crippen LogP contribution in [0.5, 0.6) is 5.75 Å². The Morgan fingerprint density at radius 1 is 1.23 bits per heavy atom. The summed E-state index contributed by atoms with van der Waals surface area (Å²) in [5.74, 6) is 0.732. The van der Waals surface area contributed by atoms with Crippen LogP contribution in [0.25, 0.3) is 0 Å². The zero-order chi connectivity index (χ0) is 21.6. The maximum atomic E-state index is 12.7. The predicted molar refractivity (Wildman–Crippen MR) is 112 cm³/mol. The topological polar surface area (TPSA) is 123 Å². The summed E-state index contributed by atoms with van der Waals surface area (Å²) >= 11 is 0. The smallest absolute Gasteiger partial charge is 0.295 e. The van der Waals surface area contributed by atoms with Gasteiger partial charge in [0.2, 0.25) is 10.0 Å². The van der Waals surface area contributed by atoms with Crippen LogP contribution in [0.1, 0.15) is 12.5 Å². The van der Waals surface area contributed by atoms with Crippen LogP contribution in [-0.2, 0) is 14.8 Å². The van der Waals surface area contributed by atoms with Gasteiger partial charge in [0.25, 0.3) is 5.69 Å². The Morgan fingerprint density at radius 2 is 1.93 bits per heavy atom. The highest BCUT2D eigenvalue weighted by atomic mass is 32.2. The number of hydrogen-bond acceptors (Lipinski definition) is 8. The molecule has 0 aromatic heterocycles. The van der Waals surface area contributed by atoms with Gasteiger partial charge in [-0.05, 0) is 48.9 Å². The molecule has 1 aliphatic heterocycles. The van der Waals surface area contributed by atoms with Gasteiger partial charge in [0.1, 0.15) is 11.4 Å². The van der Waals surface area contributed by atoms with Crippen LogP contribution in [0.3, 0.4) is 0 Å². The molecular formula is C19H22N4O6S. The monoisotopic (exact) mass is 434 g/mol. The van der Waals surface area contributed by atoms with Gasteiger partial charge in [-0.3, -0.25) is 15.5 Å². The van der Waals surface area contributed by atoms with Gasteiger partial charge in [-0.15, -0.1) is 0 Å². The van der Waals surface area contributed by atoms with Crippen molar-refractivity contribution in [3.8, 4) is 5.75 Å². The standard InChI is InChI=1S/C19H22N4O6S/c1-2-29-16-5-3-15(4-6-16)14-20-21-18-8-7-17(13-19(18)23(24)25)30(26,27)22-9-11-28-12-10-22/h3-8,13-14,21H,2,9-12H2,1H3. The van der Waals surface area contributed by atoms with Gasteiger partial charge >= 0.3 is 0 Å². The minimum atomic E-state index is -3.84. The number of nitro groups is 1. The third-order valence-corrected chi connectivity index (χ3v) is 6.26. The third-order valence-electron chi connectivity index (χ3n) is 4.36. The maximum Gasteiger partial charge on any atom is 0.295 e. The van der Waals surface area contributed by atoms with E-state index in [-0.39, 0.29) is 29.4 Å². The Kier molecular flexibility index (Phi) is 6.98. The number of benzene rings is 2. The molecule has 1 heterocycles. The van der Waals surface area contributed by atoms with Gasteiger partial charge in [0.15, 0.2) is 0 Å². The fourth-order valence-electron chi connectivity index (χ4n) is 2.85. The molecule has 0 unspecified atom stereocenters. The average Bonchev–Trinajstić information content (AvgIpc) is 2.76. The second kappa shape index (κ2) is 9.65. The molecule has 11 heteroatoms. The molecule has 0 aliphatic carbocycles. The quantitative estimate of drug-likeness (QED) is 0.384. The number of morpholine rings is 1. The molecule has 0 saturated carbocycles. The second-order valence-corrected chi connectivity index (χ2v) is 8.26. The van der Waals surface area contributed by atoms with E-state index in [1.54, 1.807) is 24.3 Å². The number of hydrogen-bond donors (Lipinski definition) is 1. The Balaban J connectivity index is 1.77. The van der Waals surface area contributed by atoms with E-state index in [0.29, 0.717) is 19.8 Å². The van der Waals surface area contributed by atoms with Gasteiger partial charge < -0.3 is 9.47 Å². The Labute approximate surface area is 174 Å². The van der Waals surface area contributed by atoms with Crippen LogP contribution >= 0.6 is 0 Å². The molecule has 0 amide bonds. The normalized spacial score (nSPS) is 15.2. The van der Waals surface area contributed by atoms with E-state index in [4.69, 9.17) is 9.47 Å². The lowest BCUT2D eigenvalue weighted by molar-refractivity contribution is -0.384. The number of hydrazone groups is 1. The van der Waals surface area contributed by atoms with Gasteiger partial charge in [0, 0.05) is 19.2 Å². The summed E-state index contributed by atoms with van der Waals surface area (Å²) in [7, 11) is -3.84. The Hall–Kier alpha value is -3.02. The summed E-state index contributed by atoms with van der Waals surface area (Å²) in [6.45, 7) is 3.47. The summed E-state index contributed by atoms with van der Waals surface area (Å²) in [5, 5.41) is 15.5. The van der Waals surface area contributed by atoms with E-state index in [1.807, 2.05) is 6.92 Å². The minimum Gasteiger partial charge on any atom is -0.494 e. The van der Waals surface area contributed by atoms with Gasteiger partial charge in [-0.2, -0.15) is 9.41 Å². The van der Waals surface area contributed by atoms with Crippen LogP contribution in [0, 0.1) is 10.1 Å². The molecule has 3 rings (SSSR count). The molecule has 0 radical (unpaired) electrons. The first-order valence-electron chi connectivity index (χ1n) is 9.30. The first-order chi connectivity index (χ1) is 14.4. The molecule has 2 aromatic rings. The van der Waals surface area contributed by atoms with Crippen molar-refractivity contribution in [2.75, 3.05) is 38.3 Å². The predicted octanol–water partition coefficient (Wildman–Crippen LogP) is 2.46. The first-order valence-corrected chi connectivity index (χ1v) is 10.7. The van der Waals surface area contributed by atoms with E-state index in [1.165, 1.54) is 22.7 Å². The third kappa shape index (κ3) is 5.12. The van der Waals surface area contributed by atoms with E-state index >= 15 is 0 Å². The molecule has 1 saturated heterocycles. The number of nitro benzene ring substituents is 1. The summed E-state index contributed by atoms with van der Waals surface area (Å²) in [6, 6.07) is 10.9. The fourth-order valence-corrected chi connectivity index (χ4v) is 4.28. The van der Waals surface area contributed by atoms with Crippen LogP contribution in [0.2, 0.25) is 0 Å². The van der Waals surface area contributed by atoms with Gasteiger partial charge in [-0.1, -0.05) is 0 Å². The Morgan fingerprint density at radius 3 is 2.57 bits per heavy atom. The maximum absolute atomic E-state index is 12.7. The average molecular weight is 434 g/mol. The number of sulfonamides is 1. The molecule has 10 nitrogen and oxygen atoms in total. The first kappa shape index (κ1) is 21.7. The van der Waals surface area contributed by atoms with E-state index < -0.39 is 14.9 Å². The lowest BCUT2D eigenvalue weighted by atomic mass is 10.2. The van der Waals surface area contributed by atoms with Crippen molar-refractivity contribution >= 4 is 27.6 Å². The van der Waals surface area contributed by atoms with Crippen molar-refractivity contribution < 1.29 is 22.8 Å². The van der Waals surface area contributed by atoms with Gasteiger partial charge in [-0.25, -0.2) is 8.42 Å². The SMILES string of the molecule is CCOc1ccc(C=NNc2ccc(S(=O)(=O)N3CCOCC3)cc2[N+](=O)[O-])cc1. The molecule has 1 fully saturated rings. The molecule has 1 N–H and O–H groups in total. The van der Waals surface area contributed by atoms with Crippen LogP contribution in [0.15, 0.2) is 52.5 Å². The molecule has 0 spiro atoms. The highest BCUT2D eigenvalue weighted by Gasteiger charge is 2.28. The zero-order valence-electron chi connectivity index (χ0n) is 16.4. The van der Waals surface area contributed by atoms with Crippen molar-refractivity contribution in [1.82, 2.24) is 4.31 Å². The molecule has 30 heavy (non-hydrogen) atoms. The highest BCUT2D eigenvalue weighted by molar-refractivity contribution is 7.89. The van der Waals surface area contributed by atoms with Crippen LogP contribution in [-0.4, -0.2) is 56.8 Å². The minimum absolute atomic E-state index is 0.0862. The Bertz CT molecular complexity index is 1020. The fraction of sp³-hybridized carbons (Fsp3) is 0.316. The second-order valence-electron chi connectivity index (χ2n) is 6.32. The van der Waals surface area contributed by atoms with E-state index in [9.17, 15) is 18.5 Å². The highest BCUT2D eigenvalue weighted by Crippen LogP contribution is 2.29. The van der Waals surface area contributed by atoms with Crippen molar-refractivity contribution in [2.45, 2.75) is 11.8 Å². The van der Waals surface area contributed by atoms with Crippen molar-refractivity contribution in [2.24, 2.45) is 5.10 Å². The van der Waals surface area contributed by atoms with E-state index in [0.717, 1.165) is 17.4 Å². The summed E-state index contributed by atoms with van der Waals surface area (Å²) < 4.78 is 37.3. The number of nitrogens with zero attached hydrogens (tertiary/aromatic N) is 3. The molecule has 0 bridgehead atoms. The number of rotatable bonds is 8. The molecule has 0 atom stereocenters. The van der Waals surface area contributed by atoms with E-state index in [2.05, 4.69) is 10.5 Å². The van der Waals surface area contributed by atoms with Crippen molar-refractivity contribution in [1.29, 1.82) is 0 Å². The molecule has 160 valence electrons. The number of ether oxygens (including phenoxy) is 2. The molecular weight excluding hydrogens is 412 g/mol. The van der Waals surface area contributed by atoms with Crippen LogP contribution in [0.4, 0.5) is 11.4 Å². The molecule has 2 aromatic carbocycles. The van der Waals surface area contributed by atoms with Gasteiger partial charge in [0.05, 0.1) is 35.9 Å². The van der Waals surface area contributed by atoms with Crippen molar-refractivity contribution in [3.05, 3.63) is 58.1 Å². The number of nitrogens with one attached hydrogen (secondary N) is 1. The van der Waals surface area contributed by atoms with Crippen molar-refractivity contribution in [3.63, 3.8) is 0 Å². The summed E-state index contributed by atoms with van der Waals surface area (Å²) in [4.78, 5) is 10.7. The lowest BCUT2D eigenvalue weighted by Crippen LogP contribution is -2.40. The lowest BCUT2D eigenvalue weighted by Gasteiger charge is -2.26. The summed E-state index contributed by atoms with van der Waals surface area (Å²) in [5.41, 5.74) is 3.08.